The highest BCUT2D eigenvalue weighted by molar-refractivity contribution is 7.98. The summed E-state index contributed by atoms with van der Waals surface area (Å²) in [4.78, 5) is 33.8. The Morgan fingerprint density at radius 3 is 2.52 bits per heavy atom. The van der Waals surface area contributed by atoms with E-state index in [2.05, 4.69) is 16.0 Å². The second kappa shape index (κ2) is 8.15. The minimum atomic E-state index is -1.19. The summed E-state index contributed by atoms with van der Waals surface area (Å²) in [6.07, 6.45) is 1.92. The van der Waals surface area contributed by atoms with Gasteiger partial charge in [-0.05, 0) is 24.5 Å². The van der Waals surface area contributed by atoms with Crippen molar-refractivity contribution in [3.8, 4) is 0 Å². The Labute approximate surface area is 126 Å². The van der Waals surface area contributed by atoms with Crippen molar-refractivity contribution in [3.63, 3.8) is 0 Å². The van der Waals surface area contributed by atoms with Crippen LogP contribution in [-0.2, 0) is 4.79 Å². The molecular formula is C13H17N3O4S. The number of anilines is 2. The highest BCUT2D eigenvalue weighted by Crippen LogP contribution is 2.20. The highest BCUT2D eigenvalue weighted by Gasteiger charge is 2.13. The first-order valence-electron chi connectivity index (χ1n) is 6.12. The maximum atomic E-state index is 11.6. The van der Waals surface area contributed by atoms with Crippen LogP contribution in [0.1, 0.15) is 17.3 Å². The van der Waals surface area contributed by atoms with Crippen molar-refractivity contribution >= 4 is 41.0 Å². The minimum absolute atomic E-state index is 0.0960. The molecule has 8 heteroatoms. The smallest absolute Gasteiger partial charge is 0.337 e. The summed E-state index contributed by atoms with van der Waals surface area (Å²) in [5.74, 6) is -0.732. The van der Waals surface area contributed by atoms with E-state index < -0.39 is 12.0 Å². The fourth-order valence-corrected chi connectivity index (χ4v) is 1.85. The van der Waals surface area contributed by atoms with E-state index in [1.165, 1.54) is 25.1 Å². The van der Waals surface area contributed by atoms with Gasteiger partial charge in [-0.25, -0.2) is 9.59 Å². The van der Waals surface area contributed by atoms with E-state index in [0.717, 1.165) is 5.75 Å². The van der Waals surface area contributed by atoms with E-state index in [-0.39, 0.29) is 17.2 Å². The summed E-state index contributed by atoms with van der Waals surface area (Å²) in [5, 5.41) is 16.7. The molecular weight excluding hydrogens is 294 g/mol. The zero-order chi connectivity index (χ0) is 15.8. The number of hydrogen-bond acceptors (Lipinski definition) is 4. The molecule has 4 N–H and O–H groups in total. The van der Waals surface area contributed by atoms with Crippen molar-refractivity contribution in [2.24, 2.45) is 0 Å². The molecule has 3 amide bonds. The van der Waals surface area contributed by atoms with Crippen molar-refractivity contribution in [2.75, 3.05) is 29.2 Å². The Balaban J connectivity index is 2.83. The van der Waals surface area contributed by atoms with Gasteiger partial charge in [0.15, 0.2) is 0 Å². The molecule has 0 fully saturated rings. The summed E-state index contributed by atoms with van der Waals surface area (Å²) in [6, 6.07) is 3.77. The number of aromatic carboxylic acids is 1. The lowest BCUT2D eigenvalue weighted by Crippen LogP contribution is -2.31. The SMILES string of the molecule is CSCCNC(=O)Nc1ccc(NC(C)=O)cc1C(=O)O. The van der Waals surface area contributed by atoms with Crippen LogP contribution < -0.4 is 16.0 Å². The molecule has 0 heterocycles. The minimum Gasteiger partial charge on any atom is -0.478 e. The fraction of sp³-hybridized carbons (Fsp3) is 0.308. The Morgan fingerprint density at radius 2 is 1.95 bits per heavy atom. The number of urea groups is 1. The molecule has 7 nitrogen and oxygen atoms in total. The van der Waals surface area contributed by atoms with Crippen molar-refractivity contribution < 1.29 is 19.5 Å². The van der Waals surface area contributed by atoms with Gasteiger partial charge in [0.25, 0.3) is 0 Å². The van der Waals surface area contributed by atoms with Gasteiger partial charge in [-0.2, -0.15) is 11.8 Å². The number of carbonyl (C=O) groups is 3. The Bertz CT molecular complexity index is 548. The van der Waals surface area contributed by atoms with Crippen molar-refractivity contribution in [1.29, 1.82) is 0 Å². The first-order valence-corrected chi connectivity index (χ1v) is 7.52. The molecule has 114 valence electrons. The van der Waals surface area contributed by atoms with Gasteiger partial charge in [0.2, 0.25) is 5.91 Å². The van der Waals surface area contributed by atoms with Crippen LogP contribution in [0.25, 0.3) is 0 Å². The molecule has 0 saturated heterocycles. The molecule has 0 aliphatic carbocycles. The number of amides is 3. The van der Waals surface area contributed by atoms with Gasteiger partial charge >= 0.3 is 12.0 Å². The molecule has 0 aliphatic heterocycles. The number of rotatable bonds is 6. The summed E-state index contributed by atoms with van der Waals surface area (Å²) in [5.41, 5.74) is 0.424. The summed E-state index contributed by atoms with van der Waals surface area (Å²) in [7, 11) is 0. The van der Waals surface area contributed by atoms with Crippen LogP contribution in [0.3, 0.4) is 0 Å². The molecule has 1 rings (SSSR count). The number of hydrogen-bond donors (Lipinski definition) is 4. The summed E-state index contributed by atoms with van der Waals surface area (Å²) >= 11 is 1.59. The molecule has 0 unspecified atom stereocenters. The van der Waals surface area contributed by atoms with Gasteiger partial charge in [-0.15, -0.1) is 0 Å². The maximum absolute atomic E-state index is 11.6. The van der Waals surface area contributed by atoms with Gasteiger partial charge in [0.05, 0.1) is 11.3 Å². The Morgan fingerprint density at radius 1 is 1.24 bits per heavy atom. The number of thioether (sulfide) groups is 1. The highest BCUT2D eigenvalue weighted by atomic mass is 32.2. The van der Waals surface area contributed by atoms with Crippen LogP contribution in [0.5, 0.6) is 0 Å². The average molecular weight is 311 g/mol. The van der Waals surface area contributed by atoms with E-state index in [9.17, 15) is 14.4 Å². The van der Waals surface area contributed by atoms with Gasteiger partial charge in [-0.3, -0.25) is 4.79 Å². The fourth-order valence-electron chi connectivity index (χ4n) is 1.54. The first-order chi connectivity index (χ1) is 9.93. The van der Waals surface area contributed by atoms with E-state index in [0.29, 0.717) is 12.2 Å². The lowest BCUT2D eigenvalue weighted by Gasteiger charge is -2.11. The van der Waals surface area contributed by atoms with E-state index in [1.54, 1.807) is 11.8 Å². The van der Waals surface area contributed by atoms with Crippen molar-refractivity contribution in [2.45, 2.75) is 6.92 Å². The molecule has 0 aromatic heterocycles. The third kappa shape index (κ3) is 5.74. The summed E-state index contributed by atoms with van der Waals surface area (Å²) in [6.45, 7) is 1.81. The Hall–Kier alpha value is -2.22. The zero-order valence-corrected chi connectivity index (χ0v) is 12.5. The van der Waals surface area contributed by atoms with Crippen LogP contribution in [0.15, 0.2) is 18.2 Å². The van der Waals surface area contributed by atoms with Crippen LogP contribution >= 0.6 is 11.8 Å². The molecule has 0 aliphatic rings. The molecule has 21 heavy (non-hydrogen) atoms. The predicted octanol–water partition coefficient (Wildman–Crippen LogP) is 1.83. The van der Waals surface area contributed by atoms with Gasteiger partial charge in [0, 0.05) is 24.9 Å². The molecule has 0 bridgehead atoms. The van der Waals surface area contributed by atoms with Crippen LogP contribution in [0.2, 0.25) is 0 Å². The topological polar surface area (TPSA) is 108 Å². The third-order valence-corrected chi connectivity index (χ3v) is 3.02. The zero-order valence-electron chi connectivity index (χ0n) is 11.7. The monoisotopic (exact) mass is 311 g/mol. The Kier molecular flexibility index (Phi) is 6.54. The third-order valence-electron chi connectivity index (χ3n) is 2.41. The van der Waals surface area contributed by atoms with Crippen LogP contribution in [0, 0.1) is 0 Å². The van der Waals surface area contributed by atoms with Gasteiger partial charge in [0.1, 0.15) is 0 Å². The molecule has 0 spiro atoms. The lowest BCUT2D eigenvalue weighted by atomic mass is 10.1. The number of carboxylic acid groups (broad SMARTS) is 1. The predicted molar refractivity (Wildman–Crippen MR) is 83.1 cm³/mol. The molecule has 1 aromatic rings. The number of benzene rings is 1. The second-order valence-corrected chi connectivity index (χ2v) is 5.11. The number of carbonyl (C=O) groups excluding carboxylic acids is 2. The largest absolute Gasteiger partial charge is 0.478 e. The standard InChI is InChI=1S/C13H17N3O4S/c1-8(17)15-9-3-4-11(10(7-9)12(18)19)16-13(20)14-5-6-21-2/h3-4,7H,5-6H2,1-2H3,(H,15,17)(H,18,19)(H2,14,16,20). The molecule has 0 atom stereocenters. The van der Waals surface area contributed by atoms with Crippen molar-refractivity contribution in [1.82, 2.24) is 5.32 Å². The average Bonchev–Trinajstić information content (AvgIpc) is 2.40. The maximum Gasteiger partial charge on any atom is 0.337 e. The van der Waals surface area contributed by atoms with Crippen LogP contribution in [0.4, 0.5) is 16.2 Å². The first kappa shape index (κ1) is 16.8. The van der Waals surface area contributed by atoms with E-state index >= 15 is 0 Å². The molecule has 0 saturated carbocycles. The van der Waals surface area contributed by atoms with Gasteiger partial charge < -0.3 is 21.1 Å². The van der Waals surface area contributed by atoms with Crippen LogP contribution in [-0.4, -0.2) is 41.6 Å². The number of nitrogens with one attached hydrogen (secondary N) is 3. The van der Waals surface area contributed by atoms with E-state index in [4.69, 9.17) is 5.11 Å². The second-order valence-electron chi connectivity index (χ2n) is 4.12. The summed E-state index contributed by atoms with van der Waals surface area (Å²) < 4.78 is 0. The normalized spacial score (nSPS) is 9.81. The molecule has 0 radical (unpaired) electrons. The lowest BCUT2D eigenvalue weighted by molar-refractivity contribution is -0.114. The van der Waals surface area contributed by atoms with Gasteiger partial charge in [-0.1, -0.05) is 0 Å². The number of carboxylic acids is 1. The molecule has 1 aromatic carbocycles. The quantitative estimate of drug-likeness (QED) is 0.599. The van der Waals surface area contributed by atoms with E-state index in [1.807, 2.05) is 6.26 Å². The van der Waals surface area contributed by atoms with Crippen molar-refractivity contribution in [3.05, 3.63) is 23.8 Å².